The van der Waals surface area contributed by atoms with Crippen molar-refractivity contribution in [1.29, 1.82) is 0 Å². The van der Waals surface area contributed by atoms with Crippen LogP contribution < -0.4 is 10.2 Å². The Balaban J connectivity index is 1.42. The molecule has 2 fully saturated rings. The predicted molar refractivity (Wildman–Crippen MR) is 123 cm³/mol. The summed E-state index contributed by atoms with van der Waals surface area (Å²) in [5.41, 5.74) is 4.17. The minimum absolute atomic E-state index is 0.0284. The molecule has 2 aromatic rings. The summed E-state index contributed by atoms with van der Waals surface area (Å²) in [6, 6.07) is 6.82. The Kier molecular flexibility index (Phi) is 5.98. The first kappa shape index (κ1) is 22.3. The molecular formula is C22H29N5O4S. The zero-order valence-corrected chi connectivity index (χ0v) is 19.5. The van der Waals surface area contributed by atoms with Crippen molar-refractivity contribution in [2.45, 2.75) is 33.2 Å². The van der Waals surface area contributed by atoms with Crippen LogP contribution in [0.2, 0.25) is 0 Å². The average Bonchev–Trinajstić information content (AvgIpc) is 3.25. The van der Waals surface area contributed by atoms with Gasteiger partial charge in [0.1, 0.15) is 0 Å². The Morgan fingerprint density at radius 2 is 1.72 bits per heavy atom. The van der Waals surface area contributed by atoms with Crippen molar-refractivity contribution in [3.05, 3.63) is 41.2 Å². The molecule has 1 aromatic heterocycles. The largest absolute Gasteiger partial charge is 0.365 e. The lowest BCUT2D eigenvalue weighted by Crippen LogP contribution is -2.49. The van der Waals surface area contributed by atoms with E-state index in [0.29, 0.717) is 43.9 Å². The van der Waals surface area contributed by atoms with Gasteiger partial charge in [0.05, 0.1) is 34.6 Å². The van der Waals surface area contributed by atoms with Gasteiger partial charge in [0, 0.05) is 44.4 Å². The maximum Gasteiger partial charge on any atom is 0.253 e. The Bertz CT molecular complexity index is 1130. The van der Waals surface area contributed by atoms with Crippen LogP contribution in [0.1, 0.15) is 41.1 Å². The highest BCUT2D eigenvalue weighted by Gasteiger charge is 2.33. The molecule has 2 amide bonds. The van der Waals surface area contributed by atoms with Crippen LogP contribution in [-0.4, -0.2) is 72.6 Å². The number of carbonyl (C=O) groups excluding carboxylic acids is 2. The van der Waals surface area contributed by atoms with Crippen LogP contribution in [0.25, 0.3) is 0 Å². The summed E-state index contributed by atoms with van der Waals surface area (Å²) in [5, 5.41) is 7.36. The molecule has 0 spiro atoms. The summed E-state index contributed by atoms with van der Waals surface area (Å²) in [5.74, 6) is 0.193. The number of carbonyl (C=O) groups is 2. The highest BCUT2D eigenvalue weighted by atomic mass is 32.2. The van der Waals surface area contributed by atoms with Crippen LogP contribution in [0.3, 0.4) is 0 Å². The number of sulfone groups is 1. The quantitative estimate of drug-likeness (QED) is 0.747. The van der Waals surface area contributed by atoms with Crippen LogP contribution in [-0.2, 0) is 14.6 Å². The van der Waals surface area contributed by atoms with E-state index in [4.69, 9.17) is 0 Å². The van der Waals surface area contributed by atoms with Gasteiger partial charge in [0.25, 0.3) is 5.91 Å². The zero-order chi connectivity index (χ0) is 23.0. The number of nitrogens with one attached hydrogen (secondary N) is 1. The van der Waals surface area contributed by atoms with Gasteiger partial charge in [0.2, 0.25) is 5.91 Å². The number of aryl methyl sites for hydroxylation is 1. The zero-order valence-electron chi connectivity index (χ0n) is 18.7. The van der Waals surface area contributed by atoms with E-state index in [0.717, 1.165) is 17.1 Å². The van der Waals surface area contributed by atoms with Gasteiger partial charge in [-0.3, -0.25) is 14.3 Å². The van der Waals surface area contributed by atoms with Gasteiger partial charge in [-0.05, 0) is 44.5 Å². The Morgan fingerprint density at radius 3 is 2.28 bits per heavy atom. The van der Waals surface area contributed by atoms with Crippen LogP contribution in [0.4, 0.5) is 11.4 Å². The minimum Gasteiger partial charge on any atom is -0.365 e. The summed E-state index contributed by atoms with van der Waals surface area (Å²) in [4.78, 5) is 28.1. The van der Waals surface area contributed by atoms with Gasteiger partial charge in [0.15, 0.2) is 9.84 Å². The fourth-order valence-corrected chi connectivity index (χ4v) is 6.34. The number of rotatable bonds is 4. The molecule has 32 heavy (non-hydrogen) atoms. The van der Waals surface area contributed by atoms with Crippen molar-refractivity contribution >= 4 is 33.0 Å². The third kappa shape index (κ3) is 4.50. The molecule has 1 unspecified atom stereocenters. The molecule has 0 radical (unpaired) electrons. The number of aromatic nitrogens is 2. The molecule has 4 rings (SSSR count). The third-order valence-corrected chi connectivity index (χ3v) is 7.93. The number of piperazine rings is 1. The van der Waals surface area contributed by atoms with E-state index in [-0.39, 0.29) is 29.4 Å². The number of anilines is 2. The first-order chi connectivity index (χ1) is 15.1. The predicted octanol–water partition coefficient (Wildman–Crippen LogP) is 1.78. The van der Waals surface area contributed by atoms with Crippen molar-refractivity contribution in [3.63, 3.8) is 0 Å². The second kappa shape index (κ2) is 8.57. The summed E-state index contributed by atoms with van der Waals surface area (Å²) in [6.07, 6.45) is 0.604. The van der Waals surface area contributed by atoms with Gasteiger partial charge < -0.3 is 15.1 Å². The molecule has 1 atom stereocenters. The van der Waals surface area contributed by atoms with E-state index < -0.39 is 9.84 Å². The molecular weight excluding hydrogens is 430 g/mol. The summed E-state index contributed by atoms with van der Waals surface area (Å²) >= 11 is 0. The van der Waals surface area contributed by atoms with Crippen LogP contribution in [0.15, 0.2) is 24.3 Å². The van der Waals surface area contributed by atoms with Crippen LogP contribution in [0, 0.1) is 13.8 Å². The molecule has 0 bridgehead atoms. The van der Waals surface area contributed by atoms with Gasteiger partial charge in [-0.25, -0.2) is 8.42 Å². The van der Waals surface area contributed by atoms with E-state index >= 15 is 0 Å². The van der Waals surface area contributed by atoms with Gasteiger partial charge in [-0.15, -0.1) is 0 Å². The topological polar surface area (TPSA) is 105 Å². The van der Waals surface area contributed by atoms with Gasteiger partial charge in [-0.2, -0.15) is 5.10 Å². The number of hydrogen-bond donors (Lipinski definition) is 1. The molecule has 9 nitrogen and oxygen atoms in total. The lowest BCUT2D eigenvalue weighted by Gasteiger charge is -2.36. The smallest absolute Gasteiger partial charge is 0.253 e. The third-order valence-electron chi connectivity index (χ3n) is 6.18. The molecule has 1 aromatic carbocycles. The van der Waals surface area contributed by atoms with Crippen LogP contribution >= 0.6 is 0 Å². The molecule has 10 heteroatoms. The molecule has 3 heterocycles. The highest BCUT2D eigenvalue weighted by molar-refractivity contribution is 7.91. The standard InChI is InChI=1S/C22H29N5O4S/c1-15-21(16(2)27(24-15)20-8-13-32(30,31)14-20)25-9-11-26(12-10-25)22(29)18-4-6-19(7-5-18)23-17(3)28/h4-7,20H,8-14H2,1-3H3,(H,23,28). The first-order valence-corrected chi connectivity index (χ1v) is 12.6. The monoisotopic (exact) mass is 459 g/mol. The van der Waals surface area contributed by atoms with E-state index in [9.17, 15) is 18.0 Å². The number of amides is 2. The van der Waals surface area contributed by atoms with Crippen LogP contribution in [0.5, 0.6) is 0 Å². The lowest BCUT2D eigenvalue weighted by atomic mass is 10.1. The van der Waals surface area contributed by atoms with E-state index in [2.05, 4.69) is 15.3 Å². The molecule has 2 aliphatic heterocycles. The molecule has 172 valence electrons. The molecule has 0 aliphatic carbocycles. The highest BCUT2D eigenvalue weighted by Crippen LogP contribution is 2.31. The lowest BCUT2D eigenvalue weighted by molar-refractivity contribution is -0.114. The summed E-state index contributed by atoms with van der Waals surface area (Å²) in [7, 11) is -2.98. The van der Waals surface area contributed by atoms with Crippen molar-refractivity contribution in [3.8, 4) is 0 Å². The Labute approximate surface area is 188 Å². The molecule has 2 aliphatic rings. The fourth-order valence-electron chi connectivity index (χ4n) is 4.65. The second-order valence-electron chi connectivity index (χ2n) is 8.56. The van der Waals surface area contributed by atoms with Crippen molar-refractivity contribution in [2.75, 3.05) is 47.9 Å². The summed E-state index contributed by atoms with van der Waals surface area (Å²) < 4.78 is 25.7. The molecule has 1 N–H and O–H groups in total. The maximum absolute atomic E-state index is 12.9. The molecule has 2 saturated heterocycles. The summed E-state index contributed by atoms with van der Waals surface area (Å²) in [6.45, 7) is 7.95. The average molecular weight is 460 g/mol. The maximum atomic E-state index is 12.9. The fraction of sp³-hybridized carbons (Fsp3) is 0.500. The Morgan fingerprint density at radius 1 is 1.06 bits per heavy atom. The first-order valence-electron chi connectivity index (χ1n) is 10.8. The minimum atomic E-state index is -2.98. The number of nitrogens with zero attached hydrogens (tertiary/aromatic N) is 4. The van der Waals surface area contributed by atoms with Gasteiger partial charge >= 0.3 is 0 Å². The Hall–Kier alpha value is -2.88. The molecule has 0 saturated carbocycles. The van der Waals surface area contributed by atoms with E-state index in [1.807, 2.05) is 23.4 Å². The van der Waals surface area contributed by atoms with Crippen molar-refractivity contribution < 1.29 is 18.0 Å². The van der Waals surface area contributed by atoms with Gasteiger partial charge in [-0.1, -0.05) is 0 Å². The van der Waals surface area contributed by atoms with E-state index in [1.54, 1.807) is 24.3 Å². The van der Waals surface area contributed by atoms with Crippen molar-refractivity contribution in [1.82, 2.24) is 14.7 Å². The van der Waals surface area contributed by atoms with E-state index in [1.165, 1.54) is 6.92 Å². The number of hydrogen-bond acceptors (Lipinski definition) is 6. The normalized spacial score (nSPS) is 20.4. The van der Waals surface area contributed by atoms with Crippen molar-refractivity contribution in [2.24, 2.45) is 0 Å². The SMILES string of the molecule is CC(=O)Nc1ccc(C(=O)N2CCN(c3c(C)nn(C4CCS(=O)(=O)C4)c3C)CC2)cc1. The number of benzene rings is 1. The second-order valence-corrected chi connectivity index (χ2v) is 10.8.